The molecular formula is C13H23F3N2O3. The highest BCUT2D eigenvalue weighted by molar-refractivity contribution is 5.75. The maximum absolute atomic E-state index is 12.1. The van der Waals surface area contributed by atoms with Gasteiger partial charge in [0.1, 0.15) is 0 Å². The van der Waals surface area contributed by atoms with Crippen molar-refractivity contribution in [3.63, 3.8) is 0 Å². The van der Waals surface area contributed by atoms with Crippen molar-refractivity contribution < 1.29 is 28.2 Å². The van der Waals surface area contributed by atoms with Crippen molar-refractivity contribution in [2.75, 3.05) is 26.2 Å². The number of hydrogen-bond acceptors (Lipinski definition) is 4. The molecule has 3 N–H and O–H groups in total. The number of carbonyl (C=O) groups excluding carboxylic acids is 1. The third-order valence-electron chi connectivity index (χ3n) is 3.79. The molecular weight excluding hydrogens is 289 g/mol. The van der Waals surface area contributed by atoms with Crippen LogP contribution in [-0.4, -0.2) is 65.6 Å². The topological polar surface area (TPSA) is 72.8 Å². The lowest BCUT2D eigenvalue weighted by Crippen LogP contribution is -2.40. The van der Waals surface area contributed by atoms with Crippen LogP contribution in [0.15, 0.2) is 0 Å². The molecule has 1 saturated heterocycles. The van der Waals surface area contributed by atoms with Crippen LogP contribution in [0.2, 0.25) is 0 Å². The number of carbonyl (C=O) groups is 1. The van der Waals surface area contributed by atoms with E-state index in [1.807, 2.05) is 0 Å². The van der Waals surface area contributed by atoms with Gasteiger partial charge in [0.15, 0.2) is 0 Å². The largest absolute Gasteiger partial charge is 0.395 e. The molecule has 124 valence electrons. The van der Waals surface area contributed by atoms with Gasteiger partial charge in [0.25, 0.3) is 0 Å². The van der Waals surface area contributed by atoms with Gasteiger partial charge in [-0.05, 0) is 13.0 Å². The molecule has 0 aliphatic carbocycles. The number of alkyl halides is 3. The molecule has 0 aromatic rings. The lowest BCUT2D eigenvalue weighted by molar-refractivity contribution is -0.136. The number of rotatable bonds is 7. The lowest BCUT2D eigenvalue weighted by atomic mass is 10.0. The summed E-state index contributed by atoms with van der Waals surface area (Å²) in [6, 6.07) is -0.568. The van der Waals surface area contributed by atoms with Gasteiger partial charge in [0, 0.05) is 31.8 Å². The Morgan fingerprint density at radius 1 is 1.43 bits per heavy atom. The fourth-order valence-corrected chi connectivity index (χ4v) is 2.59. The van der Waals surface area contributed by atoms with Gasteiger partial charge in [-0.3, -0.25) is 9.69 Å². The van der Waals surface area contributed by atoms with Gasteiger partial charge in [-0.15, -0.1) is 0 Å². The fraction of sp³-hybridized carbons (Fsp3) is 0.923. The predicted molar refractivity (Wildman–Crippen MR) is 70.5 cm³/mol. The molecule has 0 bridgehead atoms. The minimum absolute atomic E-state index is 0.0687. The zero-order valence-corrected chi connectivity index (χ0v) is 12.1. The Morgan fingerprint density at radius 2 is 2.10 bits per heavy atom. The first-order valence-corrected chi connectivity index (χ1v) is 7.15. The average Bonchev–Trinajstić information content (AvgIpc) is 2.70. The smallest absolute Gasteiger partial charge is 0.389 e. The van der Waals surface area contributed by atoms with E-state index in [1.54, 1.807) is 11.8 Å². The molecule has 0 aromatic carbocycles. The second kappa shape index (κ2) is 7.95. The Hall–Kier alpha value is -0.860. The average molecular weight is 312 g/mol. The summed E-state index contributed by atoms with van der Waals surface area (Å²) in [4.78, 5) is 12.9. The van der Waals surface area contributed by atoms with E-state index in [-0.39, 0.29) is 37.9 Å². The van der Waals surface area contributed by atoms with Crippen molar-refractivity contribution in [3.8, 4) is 0 Å². The second-order valence-corrected chi connectivity index (χ2v) is 5.37. The van der Waals surface area contributed by atoms with Gasteiger partial charge in [-0.1, -0.05) is 6.92 Å². The van der Waals surface area contributed by atoms with Gasteiger partial charge >= 0.3 is 6.18 Å². The van der Waals surface area contributed by atoms with Crippen molar-refractivity contribution in [3.05, 3.63) is 0 Å². The predicted octanol–water partition coefficient (Wildman–Crippen LogP) is 0.509. The molecule has 5 nitrogen and oxygen atoms in total. The summed E-state index contributed by atoms with van der Waals surface area (Å²) in [6.07, 6.45) is -5.66. The maximum atomic E-state index is 12.1. The molecule has 0 aromatic heterocycles. The van der Waals surface area contributed by atoms with E-state index in [9.17, 15) is 28.2 Å². The molecule has 0 spiro atoms. The van der Waals surface area contributed by atoms with Crippen molar-refractivity contribution in [2.24, 2.45) is 5.92 Å². The van der Waals surface area contributed by atoms with Crippen LogP contribution < -0.4 is 5.32 Å². The number of aliphatic hydroxyl groups excluding tert-OH is 2. The number of aliphatic hydroxyl groups is 2. The molecule has 0 saturated carbocycles. The van der Waals surface area contributed by atoms with Crippen LogP contribution >= 0.6 is 0 Å². The molecule has 3 unspecified atom stereocenters. The van der Waals surface area contributed by atoms with Gasteiger partial charge in [0.2, 0.25) is 5.91 Å². The highest BCUT2D eigenvalue weighted by Crippen LogP contribution is 2.26. The summed E-state index contributed by atoms with van der Waals surface area (Å²) in [5.41, 5.74) is 0. The minimum Gasteiger partial charge on any atom is -0.395 e. The molecule has 1 amide bonds. The van der Waals surface area contributed by atoms with Gasteiger partial charge in [-0.25, -0.2) is 0 Å². The first kappa shape index (κ1) is 18.2. The van der Waals surface area contributed by atoms with E-state index in [2.05, 4.69) is 5.32 Å². The third-order valence-corrected chi connectivity index (χ3v) is 3.79. The van der Waals surface area contributed by atoms with Crippen LogP contribution in [0.25, 0.3) is 0 Å². The normalized spacial score (nSPS) is 27.0. The Kier molecular flexibility index (Phi) is 6.89. The van der Waals surface area contributed by atoms with E-state index in [4.69, 9.17) is 0 Å². The summed E-state index contributed by atoms with van der Waals surface area (Å²) < 4.78 is 36.4. The highest BCUT2D eigenvalue weighted by atomic mass is 19.4. The highest BCUT2D eigenvalue weighted by Gasteiger charge is 2.40. The molecule has 8 heteroatoms. The molecule has 3 atom stereocenters. The molecule has 1 rings (SSSR count). The Balaban J connectivity index is 2.47. The van der Waals surface area contributed by atoms with Gasteiger partial charge < -0.3 is 15.5 Å². The minimum atomic E-state index is -4.19. The zero-order valence-electron chi connectivity index (χ0n) is 12.1. The van der Waals surface area contributed by atoms with Crippen LogP contribution in [0, 0.1) is 5.92 Å². The van der Waals surface area contributed by atoms with Crippen molar-refractivity contribution in [1.29, 1.82) is 0 Å². The number of amides is 1. The molecule has 1 fully saturated rings. The summed E-state index contributed by atoms with van der Waals surface area (Å²) in [6.45, 7) is 2.19. The first-order chi connectivity index (χ1) is 9.78. The second-order valence-electron chi connectivity index (χ2n) is 5.37. The first-order valence-electron chi connectivity index (χ1n) is 7.15. The van der Waals surface area contributed by atoms with Gasteiger partial charge in [-0.2, -0.15) is 13.2 Å². The van der Waals surface area contributed by atoms with Gasteiger partial charge in [0.05, 0.1) is 18.8 Å². The maximum Gasteiger partial charge on any atom is 0.389 e. The van der Waals surface area contributed by atoms with Crippen LogP contribution in [0.5, 0.6) is 0 Å². The standard InChI is InChI=1S/C13H23F3N2O3/c1-2-11(20)17-6-9-7-18(10(8-19)12(9)21)5-3-4-13(14,15)16/h9-10,12,19,21H,2-8H2,1H3,(H,17,20). The number of hydrogen-bond donors (Lipinski definition) is 3. The zero-order chi connectivity index (χ0) is 16.0. The summed E-state index contributed by atoms with van der Waals surface area (Å²) in [7, 11) is 0. The summed E-state index contributed by atoms with van der Waals surface area (Å²) in [5, 5.41) is 22.0. The third kappa shape index (κ3) is 5.80. The van der Waals surface area contributed by atoms with Crippen molar-refractivity contribution >= 4 is 5.91 Å². The number of halogens is 3. The van der Waals surface area contributed by atoms with Crippen molar-refractivity contribution in [1.82, 2.24) is 10.2 Å². The molecule has 0 radical (unpaired) electrons. The quantitative estimate of drug-likeness (QED) is 0.640. The molecule has 21 heavy (non-hydrogen) atoms. The number of nitrogens with one attached hydrogen (secondary N) is 1. The van der Waals surface area contributed by atoms with Crippen molar-refractivity contribution in [2.45, 2.75) is 44.5 Å². The summed E-state index contributed by atoms with van der Waals surface area (Å²) in [5.74, 6) is -0.415. The van der Waals surface area contributed by atoms with E-state index >= 15 is 0 Å². The summed E-state index contributed by atoms with van der Waals surface area (Å²) >= 11 is 0. The van der Waals surface area contributed by atoms with Crippen LogP contribution in [0.1, 0.15) is 26.2 Å². The fourth-order valence-electron chi connectivity index (χ4n) is 2.59. The number of likely N-dealkylation sites (tertiary alicyclic amines) is 1. The van der Waals surface area contributed by atoms with Crippen LogP contribution in [-0.2, 0) is 4.79 Å². The molecule has 1 heterocycles. The van der Waals surface area contributed by atoms with Crippen LogP contribution in [0.4, 0.5) is 13.2 Å². The van der Waals surface area contributed by atoms with E-state index in [1.165, 1.54) is 0 Å². The number of nitrogens with zero attached hydrogens (tertiary/aromatic N) is 1. The molecule has 1 aliphatic heterocycles. The Labute approximate surface area is 122 Å². The SMILES string of the molecule is CCC(=O)NCC1CN(CCCC(F)(F)F)C(CO)C1O. The Bertz CT molecular complexity index is 339. The van der Waals surface area contributed by atoms with Crippen LogP contribution in [0.3, 0.4) is 0 Å². The van der Waals surface area contributed by atoms with E-state index in [0.717, 1.165) is 0 Å². The van der Waals surface area contributed by atoms with E-state index < -0.39 is 24.7 Å². The monoisotopic (exact) mass is 312 g/mol. The molecule has 1 aliphatic rings. The Morgan fingerprint density at radius 3 is 2.62 bits per heavy atom. The lowest BCUT2D eigenvalue weighted by Gasteiger charge is -2.24. The van der Waals surface area contributed by atoms with E-state index in [0.29, 0.717) is 13.0 Å².